The monoisotopic (exact) mass is 220 g/mol. The Labute approximate surface area is 92.1 Å². The van der Waals surface area contributed by atoms with E-state index < -0.39 is 11.0 Å². The fraction of sp³-hybridized carbons (Fsp3) is 0.273. The lowest BCUT2D eigenvalue weighted by Crippen LogP contribution is -2.11. The van der Waals surface area contributed by atoms with E-state index in [9.17, 15) is 15.2 Å². The molecule has 1 aromatic carbocycles. The Hall–Kier alpha value is -1.88. The van der Waals surface area contributed by atoms with Crippen molar-refractivity contribution in [2.24, 2.45) is 0 Å². The van der Waals surface area contributed by atoms with E-state index in [1.54, 1.807) is 23.8 Å². The van der Waals surface area contributed by atoms with Gasteiger partial charge in [0.2, 0.25) is 0 Å². The van der Waals surface area contributed by atoms with Crippen LogP contribution in [0.5, 0.6) is 0 Å². The third kappa shape index (κ3) is 1.77. The molecule has 16 heavy (non-hydrogen) atoms. The molecule has 0 saturated heterocycles. The number of aliphatic hydroxyl groups is 1. The normalized spacial score (nSPS) is 12.9. The van der Waals surface area contributed by atoms with Crippen LogP contribution in [0.1, 0.15) is 6.92 Å². The van der Waals surface area contributed by atoms with Crippen LogP contribution in [-0.4, -0.2) is 20.7 Å². The summed E-state index contributed by atoms with van der Waals surface area (Å²) in [6.45, 7) is 2.01. The SMILES string of the molecule is CC(O)Cn1ccc2cccc([N+](=O)[O-])c21. The highest BCUT2D eigenvalue weighted by Crippen LogP contribution is 2.26. The molecule has 1 heterocycles. The van der Waals surface area contributed by atoms with Gasteiger partial charge in [-0.3, -0.25) is 10.1 Å². The van der Waals surface area contributed by atoms with Gasteiger partial charge in [0.15, 0.2) is 0 Å². The van der Waals surface area contributed by atoms with Gasteiger partial charge in [-0.25, -0.2) is 0 Å². The van der Waals surface area contributed by atoms with E-state index in [1.807, 2.05) is 12.1 Å². The maximum atomic E-state index is 10.9. The average molecular weight is 220 g/mol. The highest BCUT2D eigenvalue weighted by Gasteiger charge is 2.15. The Balaban J connectivity index is 2.63. The molecule has 1 atom stereocenters. The number of hydrogen-bond donors (Lipinski definition) is 1. The van der Waals surface area contributed by atoms with Crippen molar-refractivity contribution in [3.63, 3.8) is 0 Å². The number of non-ortho nitro benzene ring substituents is 1. The van der Waals surface area contributed by atoms with Crippen molar-refractivity contribution in [1.82, 2.24) is 4.57 Å². The molecule has 0 aliphatic carbocycles. The Morgan fingerprint density at radius 3 is 2.88 bits per heavy atom. The molecule has 0 fully saturated rings. The first kappa shape index (κ1) is 10.6. The molecule has 0 bridgehead atoms. The van der Waals surface area contributed by atoms with Crippen molar-refractivity contribution in [2.45, 2.75) is 19.6 Å². The zero-order valence-corrected chi connectivity index (χ0v) is 8.83. The van der Waals surface area contributed by atoms with Crippen molar-refractivity contribution in [3.8, 4) is 0 Å². The predicted octanol–water partition coefficient (Wildman–Crippen LogP) is 1.93. The van der Waals surface area contributed by atoms with Gasteiger partial charge in [0, 0.05) is 24.2 Å². The number of nitro groups is 1. The molecule has 0 saturated carbocycles. The maximum absolute atomic E-state index is 10.9. The summed E-state index contributed by atoms with van der Waals surface area (Å²) >= 11 is 0. The van der Waals surface area contributed by atoms with Crippen LogP contribution >= 0.6 is 0 Å². The Kier molecular flexibility index (Phi) is 2.62. The lowest BCUT2D eigenvalue weighted by molar-refractivity contribution is -0.383. The molecule has 0 aliphatic rings. The lowest BCUT2D eigenvalue weighted by atomic mass is 10.2. The molecule has 5 heteroatoms. The van der Waals surface area contributed by atoms with Crippen LogP contribution in [0.4, 0.5) is 5.69 Å². The van der Waals surface area contributed by atoms with Crippen molar-refractivity contribution in [3.05, 3.63) is 40.6 Å². The minimum absolute atomic E-state index is 0.0724. The lowest BCUT2D eigenvalue weighted by Gasteiger charge is -2.07. The molecule has 5 nitrogen and oxygen atoms in total. The Morgan fingerprint density at radius 1 is 1.50 bits per heavy atom. The predicted molar refractivity (Wildman–Crippen MR) is 60.3 cm³/mol. The van der Waals surface area contributed by atoms with Crippen LogP contribution in [0, 0.1) is 10.1 Å². The van der Waals surface area contributed by atoms with Crippen molar-refractivity contribution in [2.75, 3.05) is 0 Å². The molecule has 0 amide bonds. The summed E-state index contributed by atoms with van der Waals surface area (Å²) in [6, 6.07) is 6.76. The van der Waals surface area contributed by atoms with E-state index in [4.69, 9.17) is 0 Å². The molecule has 0 aliphatic heterocycles. The Bertz CT molecular complexity index is 531. The van der Waals surface area contributed by atoms with Gasteiger partial charge in [-0.2, -0.15) is 0 Å². The van der Waals surface area contributed by atoms with Gasteiger partial charge in [0.25, 0.3) is 5.69 Å². The largest absolute Gasteiger partial charge is 0.392 e. The summed E-state index contributed by atoms with van der Waals surface area (Å²) in [5, 5.41) is 21.0. The van der Waals surface area contributed by atoms with Crippen molar-refractivity contribution >= 4 is 16.6 Å². The van der Waals surface area contributed by atoms with Crippen LogP contribution in [0.3, 0.4) is 0 Å². The number of para-hydroxylation sites is 1. The van der Waals surface area contributed by atoms with Gasteiger partial charge in [-0.1, -0.05) is 12.1 Å². The molecule has 2 aromatic rings. The van der Waals surface area contributed by atoms with Gasteiger partial charge >= 0.3 is 0 Å². The highest BCUT2D eigenvalue weighted by molar-refractivity contribution is 5.88. The summed E-state index contributed by atoms with van der Waals surface area (Å²) in [6.07, 6.45) is 1.22. The number of nitrogens with zero attached hydrogens (tertiary/aromatic N) is 2. The number of aliphatic hydroxyl groups excluding tert-OH is 1. The van der Waals surface area contributed by atoms with E-state index in [2.05, 4.69) is 0 Å². The first-order valence-electron chi connectivity index (χ1n) is 5.00. The number of rotatable bonds is 3. The zero-order chi connectivity index (χ0) is 11.7. The molecular formula is C11H12N2O3. The molecular weight excluding hydrogens is 208 g/mol. The zero-order valence-electron chi connectivity index (χ0n) is 8.83. The summed E-state index contributed by atoms with van der Waals surface area (Å²) in [7, 11) is 0. The fourth-order valence-corrected chi connectivity index (χ4v) is 1.83. The van der Waals surface area contributed by atoms with Gasteiger partial charge in [-0.15, -0.1) is 0 Å². The van der Waals surface area contributed by atoms with Gasteiger partial charge < -0.3 is 9.67 Å². The summed E-state index contributed by atoms with van der Waals surface area (Å²) in [4.78, 5) is 10.5. The van der Waals surface area contributed by atoms with Crippen LogP contribution in [0.2, 0.25) is 0 Å². The third-order valence-electron chi connectivity index (χ3n) is 2.42. The van der Waals surface area contributed by atoms with Crippen molar-refractivity contribution < 1.29 is 10.0 Å². The van der Waals surface area contributed by atoms with Gasteiger partial charge in [-0.05, 0) is 13.0 Å². The van der Waals surface area contributed by atoms with Crippen molar-refractivity contribution in [1.29, 1.82) is 0 Å². The number of hydrogen-bond acceptors (Lipinski definition) is 3. The van der Waals surface area contributed by atoms with E-state index >= 15 is 0 Å². The second kappa shape index (κ2) is 3.94. The number of aromatic nitrogens is 1. The van der Waals surface area contributed by atoms with Crippen LogP contribution in [0.15, 0.2) is 30.5 Å². The minimum Gasteiger partial charge on any atom is -0.392 e. The number of nitro benzene ring substituents is 1. The maximum Gasteiger partial charge on any atom is 0.293 e. The standard InChI is InChI=1S/C11H12N2O3/c1-8(14)7-12-6-5-9-3-2-4-10(11(9)12)13(15)16/h2-6,8,14H,7H2,1H3. The average Bonchev–Trinajstić information content (AvgIpc) is 2.60. The number of benzene rings is 1. The van der Waals surface area contributed by atoms with Gasteiger partial charge in [0.05, 0.1) is 11.0 Å². The molecule has 0 spiro atoms. The first-order chi connectivity index (χ1) is 7.59. The second-order valence-corrected chi connectivity index (χ2v) is 3.79. The van der Waals surface area contributed by atoms with E-state index in [1.165, 1.54) is 6.07 Å². The second-order valence-electron chi connectivity index (χ2n) is 3.79. The molecule has 0 radical (unpaired) electrons. The van der Waals surface area contributed by atoms with E-state index in [0.29, 0.717) is 12.1 Å². The van der Waals surface area contributed by atoms with Crippen LogP contribution in [-0.2, 0) is 6.54 Å². The summed E-state index contributed by atoms with van der Waals surface area (Å²) in [5.74, 6) is 0. The fourth-order valence-electron chi connectivity index (χ4n) is 1.83. The molecule has 84 valence electrons. The minimum atomic E-state index is -0.532. The van der Waals surface area contributed by atoms with Gasteiger partial charge in [0.1, 0.15) is 5.52 Å². The Morgan fingerprint density at radius 2 is 2.25 bits per heavy atom. The summed E-state index contributed by atoms with van der Waals surface area (Å²) < 4.78 is 1.71. The smallest absolute Gasteiger partial charge is 0.293 e. The van der Waals surface area contributed by atoms with E-state index in [0.717, 1.165) is 5.39 Å². The van der Waals surface area contributed by atoms with Crippen LogP contribution < -0.4 is 0 Å². The summed E-state index contributed by atoms with van der Waals surface area (Å²) in [5.41, 5.74) is 0.636. The quantitative estimate of drug-likeness (QED) is 0.634. The first-order valence-corrected chi connectivity index (χ1v) is 5.00. The number of fused-ring (bicyclic) bond motifs is 1. The van der Waals surface area contributed by atoms with E-state index in [-0.39, 0.29) is 5.69 Å². The topological polar surface area (TPSA) is 68.3 Å². The highest BCUT2D eigenvalue weighted by atomic mass is 16.6. The molecule has 1 N–H and O–H groups in total. The molecule has 1 unspecified atom stereocenters. The molecule has 2 rings (SSSR count). The van der Waals surface area contributed by atoms with Crippen LogP contribution in [0.25, 0.3) is 10.9 Å². The third-order valence-corrected chi connectivity index (χ3v) is 2.42. The molecule has 1 aromatic heterocycles.